The number of benzene rings is 1. The first-order chi connectivity index (χ1) is 12.6. The van der Waals surface area contributed by atoms with Crippen LogP contribution in [-0.2, 0) is 20.3 Å². The fraction of sp³-hybridized carbons (Fsp3) is 0.471. The van der Waals surface area contributed by atoms with Crippen molar-refractivity contribution in [1.29, 1.82) is 0 Å². The molecule has 3 N–H and O–H groups in total. The molecule has 0 heterocycles. The van der Waals surface area contributed by atoms with Gasteiger partial charge in [0.25, 0.3) is 0 Å². The number of hydrogen-bond acceptors (Lipinski definition) is 3. The Morgan fingerprint density at radius 2 is 1.74 bits per heavy atom. The minimum atomic E-state index is -4.92. The minimum absolute atomic E-state index is 0.174. The Balaban J connectivity index is 2.50. The van der Waals surface area contributed by atoms with Gasteiger partial charge in [-0.15, -0.1) is 11.6 Å². The molecule has 0 aromatic heterocycles. The van der Waals surface area contributed by atoms with Crippen LogP contribution in [0.1, 0.15) is 31.7 Å². The van der Waals surface area contributed by atoms with Gasteiger partial charge in [0.1, 0.15) is 6.04 Å². The third-order valence-corrected chi connectivity index (χ3v) is 3.84. The Morgan fingerprint density at radius 1 is 1.11 bits per heavy atom. The number of unbranched alkanes of at least 4 members (excludes halogenated alkanes) is 1. The lowest BCUT2D eigenvalue weighted by Gasteiger charge is -2.18. The van der Waals surface area contributed by atoms with Crippen molar-refractivity contribution in [3.63, 3.8) is 0 Å². The van der Waals surface area contributed by atoms with Crippen LogP contribution in [0.4, 0.5) is 18.9 Å². The maximum Gasteiger partial charge on any atom is 0.471 e. The molecular formula is C17H21ClF3N3O3. The van der Waals surface area contributed by atoms with E-state index in [4.69, 9.17) is 11.6 Å². The van der Waals surface area contributed by atoms with E-state index in [-0.39, 0.29) is 19.4 Å². The molecule has 150 valence electrons. The fourth-order valence-electron chi connectivity index (χ4n) is 2.20. The molecule has 0 aliphatic heterocycles. The van der Waals surface area contributed by atoms with Gasteiger partial charge in [-0.25, -0.2) is 0 Å². The zero-order chi connectivity index (χ0) is 20.4. The SMILES string of the molecule is CC(=O)NC(CCCCNC(=O)C(F)(F)F)C(=O)Nc1ccc(CCl)cc1. The number of amides is 3. The molecule has 0 spiro atoms. The topological polar surface area (TPSA) is 87.3 Å². The molecule has 0 saturated heterocycles. The van der Waals surface area contributed by atoms with Crippen LogP contribution in [0.2, 0.25) is 0 Å². The molecule has 1 atom stereocenters. The van der Waals surface area contributed by atoms with Crippen LogP contribution in [0.3, 0.4) is 0 Å². The van der Waals surface area contributed by atoms with Gasteiger partial charge in [-0.05, 0) is 37.0 Å². The molecule has 10 heteroatoms. The van der Waals surface area contributed by atoms with E-state index >= 15 is 0 Å². The summed E-state index contributed by atoms with van der Waals surface area (Å²) in [5.41, 5.74) is 1.41. The van der Waals surface area contributed by atoms with Gasteiger partial charge >= 0.3 is 12.1 Å². The first-order valence-electron chi connectivity index (χ1n) is 8.21. The summed E-state index contributed by atoms with van der Waals surface area (Å²) in [4.78, 5) is 34.3. The van der Waals surface area contributed by atoms with E-state index in [0.29, 0.717) is 18.0 Å². The second kappa shape index (κ2) is 10.8. The Morgan fingerprint density at radius 3 is 2.26 bits per heavy atom. The van der Waals surface area contributed by atoms with Gasteiger partial charge in [0.15, 0.2) is 0 Å². The van der Waals surface area contributed by atoms with E-state index < -0.39 is 29.9 Å². The van der Waals surface area contributed by atoms with Crippen LogP contribution < -0.4 is 16.0 Å². The Kier molecular flexibility index (Phi) is 9.07. The van der Waals surface area contributed by atoms with E-state index in [1.54, 1.807) is 29.6 Å². The average molecular weight is 408 g/mol. The van der Waals surface area contributed by atoms with Crippen molar-refractivity contribution in [1.82, 2.24) is 10.6 Å². The van der Waals surface area contributed by atoms with Crippen LogP contribution in [-0.4, -0.2) is 36.5 Å². The zero-order valence-electron chi connectivity index (χ0n) is 14.7. The monoisotopic (exact) mass is 407 g/mol. The summed E-state index contributed by atoms with van der Waals surface area (Å²) in [6.07, 6.45) is -4.14. The first kappa shape index (κ1) is 22.8. The summed E-state index contributed by atoms with van der Waals surface area (Å²) in [5, 5.41) is 6.92. The number of halogens is 4. The van der Waals surface area contributed by atoms with Crippen LogP contribution in [0.25, 0.3) is 0 Å². The van der Waals surface area contributed by atoms with Crippen molar-refractivity contribution in [2.75, 3.05) is 11.9 Å². The van der Waals surface area contributed by atoms with E-state index in [0.717, 1.165) is 5.56 Å². The maximum absolute atomic E-state index is 12.3. The van der Waals surface area contributed by atoms with E-state index in [2.05, 4.69) is 10.6 Å². The largest absolute Gasteiger partial charge is 0.471 e. The number of hydrogen-bond donors (Lipinski definition) is 3. The second-order valence-electron chi connectivity index (χ2n) is 5.82. The number of carbonyl (C=O) groups is 3. The molecule has 0 aliphatic carbocycles. The van der Waals surface area contributed by atoms with E-state index in [1.807, 2.05) is 0 Å². The summed E-state index contributed by atoms with van der Waals surface area (Å²) in [5.74, 6) is -2.51. The third-order valence-electron chi connectivity index (χ3n) is 3.53. The lowest BCUT2D eigenvalue weighted by atomic mass is 10.1. The highest BCUT2D eigenvalue weighted by Gasteiger charge is 2.38. The van der Waals surface area contributed by atoms with Gasteiger partial charge in [-0.1, -0.05) is 12.1 Å². The molecule has 1 rings (SSSR count). The van der Waals surface area contributed by atoms with Crippen LogP contribution in [0.5, 0.6) is 0 Å². The van der Waals surface area contributed by atoms with Gasteiger partial charge in [-0.3, -0.25) is 14.4 Å². The zero-order valence-corrected chi connectivity index (χ0v) is 15.4. The van der Waals surface area contributed by atoms with Crippen LogP contribution in [0.15, 0.2) is 24.3 Å². The van der Waals surface area contributed by atoms with Crippen molar-refractivity contribution in [2.24, 2.45) is 0 Å². The molecule has 1 aromatic carbocycles. The summed E-state index contributed by atoms with van der Waals surface area (Å²) >= 11 is 5.70. The van der Waals surface area contributed by atoms with Crippen LogP contribution in [0, 0.1) is 0 Å². The lowest BCUT2D eigenvalue weighted by Crippen LogP contribution is -2.43. The van der Waals surface area contributed by atoms with Crippen molar-refractivity contribution in [3.05, 3.63) is 29.8 Å². The first-order valence-corrected chi connectivity index (χ1v) is 8.75. The van der Waals surface area contributed by atoms with E-state index in [1.165, 1.54) is 6.92 Å². The van der Waals surface area contributed by atoms with E-state index in [9.17, 15) is 27.6 Å². The molecule has 0 bridgehead atoms. The van der Waals surface area contributed by atoms with Crippen molar-refractivity contribution in [2.45, 2.75) is 44.3 Å². The minimum Gasteiger partial charge on any atom is -0.348 e. The molecule has 0 fully saturated rings. The van der Waals surface area contributed by atoms with Gasteiger partial charge < -0.3 is 16.0 Å². The van der Waals surface area contributed by atoms with Gasteiger partial charge in [0.05, 0.1) is 0 Å². The standard InChI is InChI=1S/C17H21ClF3N3O3/c1-11(25)23-14(4-2-3-9-22-16(27)17(19,20)21)15(26)24-13-7-5-12(10-18)6-8-13/h5-8,14H,2-4,9-10H2,1H3,(H,22,27)(H,23,25)(H,24,26). The second-order valence-corrected chi connectivity index (χ2v) is 6.09. The van der Waals surface area contributed by atoms with Crippen molar-refractivity contribution >= 4 is 35.0 Å². The number of alkyl halides is 4. The van der Waals surface area contributed by atoms with Crippen molar-refractivity contribution < 1.29 is 27.6 Å². The normalized spacial score (nSPS) is 12.2. The number of anilines is 1. The summed E-state index contributed by atoms with van der Waals surface area (Å²) in [6.45, 7) is 1.09. The van der Waals surface area contributed by atoms with Gasteiger partial charge in [0, 0.05) is 25.0 Å². The molecule has 3 amide bonds. The Bertz CT molecular complexity index is 651. The highest BCUT2D eigenvalue weighted by molar-refractivity contribution is 6.17. The quantitative estimate of drug-likeness (QED) is 0.434. The molecule has 1 aromatic rings. The predicted molar refractivity (Wildman–Crippen MR) is 95.1 cm³/mol. The third kappa shape index (κ3) is 8.76. The molecule has 27 heavy (non-hydrogen) atoms. The highest BCUT2D eigenvalue weighted by atomic mass is 35.5. The van der Waals surface area contributed by atoms with Gasteiger partial charge in [-0.2, -0.15) is 13.2 Å². The number of rotatable bonds is 9. The molecule has 0 radical (unpaired) electrons. The fourth-order valence-corrected chi connectivity index (χ4v) is 2.37. The smallest absolute Gasteiger partial charge is 0.348 e. The summed E-state index contributed by atoms with van der Waals surface area (Å²) < 4.78 is 36.2. The van der Waals surface area contributed by atoms with Gasteiger partial charge in [0.2, 0.25) is 11.8 Å². The maximum atomic E-state index is 12.3. The molecule has 0 aliphatic rings. The Hall–Kier alpha value is -2.29. The molecule has 6 nitrogen and oxygen atoms in total. The van der Waals surface area contributed by atoms with Crippen LogP contribution >= 0.6 is 11.6 Å². The average Bonchev–Trinajstić information content (AvgIpc) is 2.59. The molecular weight excluding hydrogens is 387 g/mol. The molecule has 1 unspecified atom stereocenters. The van der Waals surface area contributed by atoms with Crippen molar-refractivity contribution in [3.8, 4) is 0 Å². The molecule has 0 saturated carbocycles. The lowest BCUT2D eigenvalue weighted by molar-refractivity contribution is -0.173. The predicted octanol–water partition coefficient (Wildman–Crippen LogP) is 2.72. The number of nitrogens with one attached hydrogen (secondary N) is 3. The highest BCUT2D eigenvalue weighted by Crippen LogP contribution is 2.14. The summed E-state index contributed by atoms with van der Waals surface area (Å²) in [7, 11) is 0. The Labute approximate surface area is 159 Å². The number of carbonyl (C=O) groups excluding carboxylic acids is 3. The summed E-state index contributed by atoms with van der Waals surface area (Å²) in [6, 6.07) is 6.01.